The highest BCUT2D eigenvalue weighted by molar-refractivity contribution is 5.65. The molecule has 1 heteroatoms. The smallest absolute Gasteiger partial charge is 0.142 e. The molecule has 2 bridgehead atoms. The van der Waals surface area contributed by atoms with Crippen LogP contribution in [0.2, 0.25) is 0 Å². The first kappa shape index (κ1) is 8.74. The van der Waals surface area contributed by atoms with Crippen LogP contribution < -0.4 is 0 Å². The minimum Gasteiger partial charge on any atom is -0.299 e. The van der Waals surface area contributed by atoms with Crippen LogP contribution in [0.4, 0.5) is 0 Å². The molecule has 2 aliphatic carbocycles. The number of rotatable bonds is 2. The van der Waals surface area contributed by atoms with Crippen molar-refractivity contribution >= 4 is 6.29 Å². The van der Waals surface area contributed by atoms with Gasteiger partial charge in [0.05, 0.1) is 0 Å². The second kappa shape index (κ2) is 2.83. The van der Waals surface area contributed by atoms with Crippen LogP contribution in [0.5, 0.6) is 0 Å². The van der Waals surface area contributed by atoms with Gasteiger partial charge >= 0.3 is 0 Å². The van der Waals surface area contributed by atoms with E-state index in [1.165, 1.54) is 24.8 Å². The largest absolute Gasteiger partial charge is 0.299 e. The summed E-state index contributed by atoms with van der Waals surface area (Å²) >= 11 is 0. The molecule has 0 aliphatic heterocycles. The topological polar surface area (TPSA) is 17.1 Å². The molecule has 3 atom stereocenters. The molecule has 13 heavy (non-hydrogen) atoms. The second-order valence-electron chi connectivity index (χ2n) is 4.51. The zero-order chi connectivity index (χ0) is 9.47. The van der Waals surface area contributed by atoms with Gasteiger partial charge < -0.3 is 0 Å². The van der Waals surface area contributed by atoms with Gasteiger partial charge in [0.25, 0.3) is 0 Å². The van der Waals surface area contributed by atoms with Crippen molar-refractivity contribution in [3.05, 3.63) is 24.3 Å². The molecule has 3 unspecified atom stereocenters. The van der Waals surface area contributed by atoms with Crippen molar-refractivity contribution in [2.45, 2.75) is 26.2 Å². The number of hydrogen-bond acceptors (Lipinski definition) is 1. The molecule has 70 valence electrons. The van der Waals surface area contributed by atoms with Gasteiger partial charge in [0.1, 0.15) is 6.29 Å². The highest BCUT2D eigenvalue weighted by Gasteiger charge is 2.49. The summed E-state index contributed by atoms with van der Waals surface area (Å²) in [5.74, 6) is 1.47. The first-order valence-corrected chi connectivity index (χ1v) is 5.00. The first-order chi connectivity index (χ1) is 6.18. The number of hydrogen-bond donors (Lipinski definition) is 0. The van der Waals surface area contributed by atoms with Crippen LogP contribution in [0.15, 0.2) is 24.3 Å². The molecule has 2 aliphatic rings. The van der Waals surface area contributed by atoms with E-state index in [1.807, 2.05) is 6.08 Å². The van der Waals surface area contributed by atoms with E-state index in [0.717, 1.165) is 18.1 Å². The lowest BCUT2D eigenvalue weighted by Crippen LogP contribution is -2.23. The second-order valence-corrected chi connectivity index (χ2v) is 4.51. The van der Waals surface area contributed by atoms with Crippen LogP contribution in [-0.4, -0.2) is 6.29 Å². The zero-order valence-corrected chi connectivity index (χ0v) is 8.12. The number of allylic oxidation sites excluding steroid dienone is 3. The molecular weight excluding hydrogens is 160 g/mol. The van der Waals surface area contributed by atoms with E-state index in [4.69, 9.17) is 0 Å². The standard InChI is InChI=1S/C12H16O/c1-9-10-4-5-11(8-10)12(9,2)6-3-7-13/h3,6-7,10-11H,1,4-5,8H2,2H3/b6-3+. The van der Waals surface area contributed by atoms with E-state index >= 15 is 0 Å². The fraction of sp³-hybridized carbons (Fsp3) is 0.583. The predicted molar refractivity (Wildman–Crippen MR) is 53.3 cm³/mol. The summed E-state index contributed by atoms with van der Waals surface area (Å²) in [5.41, 5.74) is 1.46. The molecular formula is C12H16O. The van der Waals surface area contributed by atoms with Crippen molar-refractivity contribution in [1.29, 1.82) is 0 Å². The van der Waals surface area contributed by atoms with Crippen molar-refractivity contribution in [2.24, 2.45) is 17.3 Å². The van der Waals surface area contributed by atoms with Gasteiger partial charge in [0.2, 0.25) is 0 Å². The Labute approximate surface area is 79.5 Å². The molecule has 0 N–H and O–H groups in total. The van der Waals surface area contributed by atoms with Gasteiger partial charge in [0, 0.05) is 5.41 Å². The van der Waals surface area contributed by atoms with Crippen LogP contribution in [-0.2, 0) is 4.79 Å². The molecule has 2 saturated carbocycles. The fourth-order valence-corrected chi connectivity index (χ4v) is 3.03. The summed E-state index contributed by atoms with van der Waals surface area (Å²) in [6.07, 6.45) is 8.46. The zero-order valence-electron chi connectivity index (χ0n) is 8.12. The minimum absolute atomic E-state index is 0.115. The van der Waals surface area contributed by atoms with Gasteiger partial charge in [-0.05, 0) is 37.2 Å². The third kappa shape index (κ3) is 1.10. The van der Waals surface area contributed by atoms with E-state index < -0.39 is 0 Å². The molecule has 0 heterocycles. The van der Waals surface area contributed by atoms with Crippen molar-refractivity contribution in [2.75, 3.05) is 0 Å². The third-order valence-corrected chi connectivity index (χ3v) is 3.99. The van der Waals surface area contributed by atoms with Gasteiger partial charge in [-0.25, -0.2) is 0 Å². The SMILES string of the molecule is C=C1C2CCC(C2)C1(C)/C=C/C=O. The molecule has 2 rings (SSSR count). The van der Waals surface area contributed by atoms with Crippen LogP contribution in [0, 0.1) is 17.3 Å². The van der Waals surface area contributed by atoms with E-state index in [0.29, 0.717) is 0 Å². The van der Waals surface area contributed by atoms with Crippen LogP contribution in [0.1, 0.15) is 26.2 Å². The Kier molecular flexibility index (Phi) is 1.90. The third-order valence-electron chi connectivity index (χ3n) is 3.99. The van der Waals surface area contributed by atoms with Gasteiger partial charge in [-0.3, -0.25) is 4.79 Å². The van der Waals surface area contributed by atoms with Crippen molar-refractivity contribution in [3.8, 4) is 0 Å². The predicted octanol–water partition coefficient (Wildman–Crippen LogP) is 2.73. The van der Waals surface area contributed by atoms with Crippen molar-refractivity contribution in [1.82, 2.24) is 0 Å². The maximum atomic E-state index is 10.3. The quantitative estimate of drug-likeness (QED) is 0.359. The lowest BCUT2D eigenvalue weighted by Gasteiger charge is -2.33. The van der Waals surface area contributed by atoms with E-state index in [2.05, 4.69) is 13.5 Å². The summed E-state index contributed by atoms with van der Waals surface area (Å²) in [4.78, 5) is 10.3. The van der Waals surface area contributed by atoms with Gasteiger partial charge in [-0.2, -0.15) is 0 Å². The highest BCUT2D eigenvalue weighted by Crippen LogP contribution is 2.59. The van der Waals surface area contributed by atoms with Gasteiger partial charge in [-0.15, -0.1) is 0 Å². The number of carbonyl (C=O) groups is 1. The molecule has 0 aromatic rings. The number of aldehydes is 1. The van der Waals surface area contributed by atoms with Gasteiger partial charge in [0.15, 0.2) is 0 Å². The fourth-order valence-electron chi connectivity index (χ4n) is 3.03. The van der Waals surface area contributed by atoms with Crippen LogP contribution >= 0.6 is 0 Å². The molecule has 2 fully saturated rings. The van der Waals surface area contributed by atoms with Crippen LogP contribution in [0.3, 0.4) is 0 Å². The normalized spacial score (nSPS) is 43.3. The Morgan fingerprint density at radius 2 is 2.31 bits per heavy atom. The highest BCUT2D eigenvalue weighted by atomic mass is 16.1. The summed E-state index contributed by atoms with van der Waals surface area (Å²) < 4.78 is 0. The van der Waals surface area contributed by atoms with E-state index in [1.54, 1.807) is 6.08 Å². The Bertz CT molecular complexity index is 277. The monoisotopic (exact) mass is 176 g/mol. The first-order valence-electron chi connectivity index (χ1n) is 5.00. The summed E-state index contributed by atoms with van der Waals surface area (Å²) in [6.45, 7) is 6.40. The van der Waals surface area contributed by atoms with Crippen molar-refractivity contribution in [3.63, 3.8) is 0 Å². The van der Waals surface area contributed by atoms with Crippen LogP contribution in [0.25, 0.3) is 0 Å². The van der Waals surface area contributed by atoms with Gasteiger partial charge in [-0.1, -0.05) is 25.2 Å². The maximum absolute atomic E-state index is 10.3. The molecule has 0 radical (unpaired) electrons. The van der Waals surface area contributed by atoms with E-state index in [9.17, 15) is 4.79 Å². The Morgan fingerprint density at radius 1 is 1.54 bits per heavy atom. The van der Waals surface area contributed by atoms with E-state index in [-0.39, 0.29) is 5.41 Å². The summed E-state index contributed by atoms with van der Waals surface area (Å²) in [6, 6.07) is 0. The average Bonchev–Trinajstić information content (AvgIpc) is 2.68. The number of fused-ring (bicyclic) bond motifs is 2. The number of carbonyl (C=O) groups excluding carboxylic acids is 1. The lowest BCUT2D eigenvalue weighted by atomic mass is 9.72. The Balaban J connectivity index is 2.27. The maximum Gasteiger partial charge on any atom is 0.142 e. The summed E-state index contributed by atoms with van der Waals surface area (Å²) in [5, 5.41) is 0. The molecule has 0 aromatic carbocycles. The Hall–Kier alpha value is -0.850. The summed E-state index contributed by atoms with van der Waals surface area (Å²) in [7, 11) is 0. The molecule has 1 nitrogen and oxygen atoms in total. The van der Waals surface area contributed by atoms with Crippen molar-refractivity contribution < 1.29 is 4.79 Å². The average molecular weight is 176 g/mol. The molecule has 0 saturated heterocycles. The lowest BCUT2D eigenvalue weighted by molar-refractivity contribution is -0.104. The molecule has 0 amide bonds. The Morgan fingerprint density at radius 3 is 2.85 bits per heavy atom. The molecule has 0 spiro atoms. The minimum atomic E-state index is 0.115. The molecule has 0 aromatic heterocycles.